The molecule has 0 aliphatic rings. The quantitative estimate of drug-likeness (QED) is 0.351. The van der Waals surface area contributed by atoms with Gasteiger partial charge in [0.05, 0.1) is 12.7 Å². The SMILES string of the molecule is CCOC(=O)C(=O)CCC[C@@H](CCN)OC(C)(C)OC. The van der Waals surface area contributed by atoms with Crippen molar-refractivity contribution in [3.8, 4) is 0 Å². The Morgan fingerprint density at radius 3 is 2.40 bits per heavy atom. The maximum Gasteiger partial charge on any atom is 0.374 e. The Bertz CT molecular complexity index is 304. The lowest BCUT2D eigenvalue weighted by Crippen LogP contribution is -2.33. The van der Waals surface area contributed by atoms with E-state index in [0.717, 1.165) is 0 Å². The number of esters is 1. The molecule has 20 heavy (non-hydrogen) atoms. The average Bonchev–Trinajstić information content (AvgIpc) is 2.38. The second-order valence-corrected chi connectivity index (χ2v) is 4.96. The Morgan fingerprint density at radius 2 is 1.90 bits per heavy atom. The van der Waals surface area contributed by atoms with Crippen molar-refractivity contribution in [2.45, 2.75) is 58.3 Å². The van der Waals surface area contributed by atoms with Crippen LogP contribution in [-0.2, 0) is 23.8 Å². The zero-order valence-electron chi connectivity index (χ0n) is 12.9. The molecule has 0 aromatic rings. The van der Waals surface area contributed by atoms with E-state index < -0.39 is 17.5 Å². The molecular weight excluding hydrogens is 262 g/mol. The van der Waals surface area contributed by atoms with Gasteiger partial charge in [-0.05, 0) is 46.6 Å². The molecule has 0 aliphatic carbocycles. The van der Waals surface area contributed by atoms with Crippen molar-refractivity contribution in [1.29, 1.82) is 0 Å². The number of carbonyl (C=O) groups excluding carboxylic acids is 2. The molecule has 0 fully saturated rings. The van der Waals surface area contributed by atoms with Gasteiger partial charge < -0.3 is 19.9 Å². The normalized spacial score (nSPS) is 13.1. The lowest BCUT2D eigenvalue weighted by atomic mass is 10.1. The molecule has 0 unspecified atom stereocenters. The van der Waals surface area contributed by atoms with E-state index in [1.54, 1.807) is 14.0 Å². The Hall–Kier alpha value is -0.980. The topological polar surface area (TPSA) is 87.9 Å². The summed E-state index contributed by atoms with van der Waals surface area (Å²) in [5, 5.41) is 0. The monoisotopic (exact) mass is 289 g/mol. The summed E-state index contributed by atoms with van der Waals surface area (Å²) < 4.78 is 15.6. The molecule has 0 aliphatic heterocycles. The number of hydrogen-bond donors (Lipinski definition) is 1. The summed E-state index contributed by atoms with van der Waals surface area (Å²) in [6.07, 6.45) is 1.96. The summed E-state index contributed by atoms with van der Waals surface area (Å²) >= 11 is 0. The van der Waals surface area contributed by atoms with Gasteiger partial charge in [0, 0.05) is 13.5 Å². The molecule has 0 heterocycles. The van der Waals surface area contributed by atoms with Crippen molar-refractivity contribution in [2.75, 3.05) is 20.3 Å². The highest BCUT2D eigenvalue weighted by Gasteiger charge is 2.23. The van der Waals surface area contributed by atoms with E-state index in [1.165, 1.54) is 0 Å². The second-order valence-electron chi connectivity index (χ2n) is 4.96. The molecule has 0 rings (SSSR count). The molecule has 1 atom stereocenters. The standard InChI is InChI=1S/C14H27NO5/c1-5-19-13(17)12(16)8-6-7-11(9-10-15)20-14(2,3)18-4/h11H,5-10,15H2,1-4H3/t11-/m0/s1. The third-order valence-corrected chi connectivity index (χ3v) is 2.86. The number of hydrogen-bond acceptors (Lipinski definition) is 6. The Balaban J connectivity index is 4.15. The van der Waals surface area contributed by atoms with Gasteiger partial charge in [0.25, 0.3) is 0 Å². The smallest absolute Gasteiger partial charge is 0.374 e. The van der Waals surface area contributed by atoms with Gasteiger partial charge in [-0.2, -0.15) is 0 Å². The summed E-state index contributed by atoms with van der Waals surface area (Å²) in [6.45, 7) is 6.02. The Morgan fingerprint density at radius 1 is 1.25 bits per heavy atom. The van der Waals surface area contributed by atoms with E-state index in [0.29, 0.717) is 25.8 Å². The molecular formula is C14H27NO5. The van der Waals surface area contributed by atoms with Gasteiger partial charge in [-0.1, -0.05) is 0 Å². The minimum Gasteiger partial charge on any atom is -0.460 e. The van der Waals surface area contributed by atoms with E-state index in [4.69, 9.17) is 15.2 Å². The molecule has 0 radical (unpaired) electrons. The van der Waals surface area contributed by atoms with Gasteiger partial charge in [-0.25, -0.2) is 4.79 Å². The van der Waals surface area contributed by atoms with Crippen LogP contribution in [0.2, 0.25) is 0 Å². The predicted octanol–water partition coefficient (Wildman–Crippen LogP) is 1.41. The van der Waals surface area contributed by atoms with Crippen LogP contribution in [0.3, 0.4) is 0 Å². The van der Waals surface area contributed by atoms with Crippen molar-refractivity contribution in [3.05, 3.63) is 0 Å². The van der Waals surface area contributed by atoms with Crippen molar-refractivity contribution in [1.82, 2.24) is 0 Å². The van der Waals surface area contributed by atoms with Gasteiger partial charge in [-0.3, -0.25) is 4.79 Å². The van der Waals surface area contributed by atoms with Crippen molar-refractivity contribution < 1.29 is 23.8 Å². The molecule has 0 saturated carbocycles. The van der Waals surface area contributed by atoms with Crippen LogP contribution in [0.15, 0.2) is 0 Å². The minimum atomic E-state index is -0.763. The fraction of sp³-hybridized carbons (Fsp3) is 0.857. The number of rotatable bonds is 11. The summed E-state index contributed by atoms with van der Waals surface area (Å²) in [5.74, 6) is -1.95. The van der Waals surface area contributed by atoms with Crippen molar-refractivity contribution in [2.24, 2.45) is 5.73 Å². The van der Waals surface area contributed by atoms with Gasteiger partial charge in [0.15, 0.2) is 5.79 Å². The van der Waals surface area contributed by atoms with Crippen LogP contribution in [0.4, 0.5) is 0 Å². The fourth-order valence-electron chi connectivity index (χ4n) is 1.70. The van der Waals surface area contributed by atoms with Crippen LogP contribution in [0.25, 0.3) is 0 Å². The maximum absolute atomic E-state index is 11.4. The molecule has 2 N–H and O–H groups in total. The third kappa shape index (κ3) is 8.24. The fourth-order valence-corrected chi connectivity index (χ4v) is 1.70. The molecule has 0 saturated heterocycles. The number of ether oxygens (including phenoxy) is 3. The van der Waals surface area contributed by atoms with Crippen LogP contribution in [-0.4, -0.2) is 43.9 Å². The highest BCUT2D eigenvalue weighted by atomic mass is 16.7. The van der Waals surface area contributed by atoms with Crippen LogP contribution in [0.1, 0.15) is 46.5 Å². The van der Waals surface area contributed by atoms with Gasteiger partial charge >= 0.3 is 5.97 Å². The molecule has 0 amide bonds. The van der Waals surface area contributed by atoms with E-state index in [9.17, 15) is 9.59 Å². The van der Waals surface area contributed by atoms with E-state index >= 15 is 0 Å². The van der Waals surface area contributed by atoms with E-state index in [-0.39, 0.29) is 19.1 Å². The number of ketones is 1. The molecule has 6 nitrogen and oxygen atoms in total. The molecule has 0 bridgehead atoms. The van der Waals surface area contributed by atoms with E-state index in [2.05, 4.69) is 4.74 Å². The Kier molecular flexibility index (Phi) is 9.37. The zero-order chi connectivity index (χ0) is 15.6. The largest absolute Gasteiger partial charge is 0.460 e. The number of methoxy groups -OCH3 is 1. The molecule has 6 heteroatoms. The van der Waals surface area contributed by atoms with Gasteiger partial charge in [0.1, 0.15) is 0 Å². The number of carbonyl (C=O) groups is 2. The van der Waals surface area contributed by atoms with Crippen molar-refractivity contribution >= 4 is 11.8 Å². The van der Waals surface area contributed by atoms with Crippen molar-refractivity contribution in [3.63, 3.8) is 0 Å². The minimum absolute atomic E-state index is 0.0926. The second kappa shape index (κ2) is 9.85. The third-order valence-electron chi connectivity index (χ3n) is 2.86. The summed E-state index contributed by atoms with van der Waals surface area (Å²) in [7, 11) is 1.57. The zero-order valence-corrected chi connectivity index (χ0v) is 12.9. The molecule has 118 valence electrons. The first-order chi connectivity index (χ1) is 9.36. The first-order valence-corrected chi connectivity index (χ1v) is 6.99. The maximum atomic E-state index is 11.4. The average molecular weight is 289 g/mol. The highest BCUT2D eigenvalue weighted by molar-refractivity contribution is 6.33. The first kappa shape index (κ1) is 19.0. The summed E-state index contributed by atoms with van der Waals surface area (Å²) in [6, 6.07) is 0. The Labute approximate surface area is 120 Å². The first-order valence-electron chi connectivity index (χ1n) is 6.99. The van der Waals surface area contributed by atoms with Crippen LogP contribution in [0.5, 0.6) is 0 Å². The van der Waals surface area contributed by atoms with Crippen LogP contribution >= 0.6 is 0 Å². The van der Waals surface area contributed by atoms with E-state index in [1.807, 2.05) is 13.8 Å². The number of nitrogens with two attached hydrogens (primary N) is 1. The van der Waals surface area contributed by atoms with Crippen LogP contribution < -0.4 is 5.73 Å². The summed E-state index contributed by atoms with van der Waals surface area (Å²) in [5.41, 5.74) is 5.55. The molecule has 0 spiro atoms. The molecule has 0 aromatic carbocycles. The van der Waals surface area contributed by atoms with Gasteiger partial charge in [-0.15, -0.1) is 0 Å². The summed E-state index contributed by atoms with van der Waals surface area (Å²) in [4.78, 5) is 22.6. The lowest BCUT2D eigenvalue weighted by molar-refractivity contribution is -0.225. The predicted molar refractivity (Wildman–Crippen MR) is 75.1 cm³/mol. The number of Topliss-reactive ketones (excluding diaryl/α,β-unsaturated/α-hetero) is 1. The highest BCUT2D eigenvalue weighted by Crippen LogP contribution is 2.18. The lowest BCUT2D eigenvalue weighted by Gasteiger charge is -2.29. The van der Waals surface area contributed by atoms with Gasteiger partial charge in [0.2, 0.25) is 5.78 Å². The van der Waals surface area contributed by atoms with Crippen LogP contribution in [0, 0.1) is 0 Å². The molecule has 0 aromatic heterocycles.